The van der Waals surface area contributed by atoms with Crippen LogP contribution in [0.15, 0.2) is 0 Å². The van der Waals surface area contributed by atoms with E-state index in [1.807, 2.05) is 0 Å². The first-order valence-electron chi connectivity index (χ1n) is 5.19. The number of carboxylic acids is 1. The van der Waals surface area contributed by atoms with Gasteiger partial charge in [-0.2, -0.15) is 0 Å². The van der Waals surface area contributed by atoms with Crippen LogP contribution in [-0.2, 0) is 9.53 Å². The molecule has 1 fully saturated rings. The minimum Gasteiger partial charge on any atom is -0.477 e. The molecular formula is C9H16O9. The topological polar surface area (TPSA) is 168 Å². The molecule has 0 aromatic heterocycles. The maximum atomic E-state index is 10.8. The van der Waals surface area contributed by atoms with Gasteiger partial charge in [-0.15, -0.1) is 0 Å². The summed E-state index contributed by atoms with van der Waals surface area (Å²) in [6.07, 6.45) is -9.50. The molecule has 0 bridgehead atoms. The summed E-state index contributed by atoms with van der Waals surface area (Å²) < 4.78 is 4.63. The van der Waals surface area contributed by atoms with Crippen LogP contribution in [0.1, 0.15) is 6.42 Å². The third kappa shape index (κ3) is 2.78. The fraction of sp³-hybridized carbons (Fsp3) is 0.889. The number of aliphatic hydroxyl groups is 6. The summed E-state index contributed by atoms with van der Waals surface area (Å²) in [5.74, 6) is -4.58. The molecule has 0 spiro atoms. The Kier molecular flexibility index (Phi) is 4.61. The van der Waals surface area contributed by atoms with Gasteiger partial charge in [0, 0.05) is 6.42 Å². The minimum absolute atomic E-state index is 0.790. The lowest BCUT2D eigenvalue weighted by Gasteiger charge is -2.42. The van der Waals surface area contributed by atoms with E-state index >= 15 is 0 Å². The van der Waals surface area contributed by atoms with Crippen LogP contribution < -0.4 is 0 Å². The molecule has 1 aliphatic rings. The number of rotatable bonds is 4. The summed E-state index contributed by atoms with van der Waals surface area (Å²) in [6, 6.07) is 0. The SMILES string of the molecule is O=C(O)C1(O)[13CH2][C@H](O)[C@@H](O)[C@H]([C@H](O)[C@@H](O)CO)O1. The fourth-order valence-corrected chi connectivity index (χ4v) is 1.70. The van der Waals surface area contributed by atoms with Gasteiger partial charge in [-0.05, 0) is 0 Å². The van der Waals surface area contributed by atoms with Crippen LogP contribution in [0, 0.1) is 0 Å². The largest absolute Gasteiger partial charge is 0.477 e. The zero-order valence-electron chi connectivity index (χ0n) is 9.25. The van der Waals surface area contributed by atoms with Crippen molar-refractivity contribution in [3.63, 3.8) is 0 Å². The zero-order valence-corrected chi connectivity index (χ0v) is 9.25. The second kappa shape index (κ2) is 5.45. The predicted octanol–water partition coefficient (Wildman–Crippen LogP) is -4.02. The third-order valence-corrected chi connectivity index (χ3v) is 2.80. The first-order valence-corrected chi connectivity index (χ1v) is 5.19. The van der Waals surface area contributed by atoms with E-state index in [0.717, 1.165) is 0 Å². The lowest BCUT2D eigenvalue weighted by atomic mass is 9.97. The van der Waals surface area contributed by atoms with Crippen LogP contribution in [-0.4, -0.2) is 84.6 Å². The molecule has 0 aliphatic carbocycles. The molecule has 6 atom stereocenters. The van der Waals surface area contributed by atoms with Gasteiger partial charge in [-0.25, -0.2) is 4.79 Å². The van der Waals surface area contributed by atoms with Crippen molar-refractivity contribution >= 4 is 5.97 Å². The van der Waals surface area contributed by atoms with E-state index < -0.39 is 55.3 Å². The van der Waals surface area contributed by atoms with Gasteiger partial charge in [0.15, 0.2) is 0 Å². The average molecular weight is 269 g/mol. The summed E-state index contributed by atoms with van der Waals surface area (Å²) >= 11 is 0. The highest BCUT2D eigenvalue weighted by Crippen LogP contribution is 2.30. The van der Waals surface area contributed by atoms with E-state index in [4.69, 9.17) is 10.2 Å². The quantitative estimate of drug-likeness (QED) is 0.251. The van der Waals surface area contributed by atoms with Crippen LogP contribution in [0.3, 0.4) is 0 Å². The average Bonchev–Trinajstić information content (AvgIpc) is 2.31. The van der Waals surface area contributed by atoms with E-state index in [1.165, 1.54) is 0 Å². The third-order valence-electron chi connectivity index (χ3n) is 2.80. The van der Waals surface area contributed by atoms with Gasteiger partial charge in [0.25, 0.3) is 5.79 Å². The maximum Gasteiger partial charge on any atom is 0.364 e. The number of hydrogen-bond donors (Lipinski definition) is 7. The molecule has 9 heteroatoms. The van der Waals surface area contributed by atoms with E-state index in [0.29, 0.717) is 0 Å². The van der Waals surface area contributed by atoms with E-state index in [2.05, 4.69) is 4.74 Å². The van der Waals surface area contributed by atoms with Gasteiger partial charge in [0.2, 0.25) is 0 Å². The van der Waals surface area contributed by atoms with Crippen molar-refractivity contribution < 1.29 is 45.3 Å². The van der Waals surface area contributed by atoms with E-state index in [9.17, 15) is 30.3 Å². The molecule has 18 heavy (non-hydrogen) atoms. The Bertz CT molecular complexity index is 308. The Hall–Kier alpha value is -0.810. The maximum absolute atomic E-state index is 10.8. The van der Waals surface area contributed by atoms with Crippen molar-refractivity contribution in [3.8, 4) is 0 Å². The standard InChI is InChI=1S/C9H16O9/c10-2-4(12)6(14)7-5(13)3(11)1-9(17,18-7)8(15)16/h3-7,10-14,17H,1-2H2,(H,15,16)/t3-,4-,5+,6+,7+,9?/m0/s1/i1+1. The van der Waals surface area contributed by atoms with Crippen molar-refractivity contribution in [2.24, 2.45) is 0 Å². The molecule has 9 nitrogen and oxygen atoms in total. The molecule has 1 saturated heterocycles. The number of aliphatic hydroxyl groups excluding tert-OH is 5. The lowest BCUT2D eigenvalue weighted by molar-refractivity contribution is -0.312. The fourth-order valence-electron chi connectivity index (χ4n) is 1.70. The summed E-state index contributed by atoms with van der Waals surface area (Å²) in [5.41, 5.74) is 0. The second-order valence-corrected chi connectivity index (χ2v) is 4.17. The smallest absolute Gasteiger partial charge is 0.364 e. The van der Waals surface area contributed by atoms with Gasteiger partial charge in [-0.1, -0.05) is 0 Å². The van der Waals surface area contributed by atoms with Crippen LogP contribution in [0.2, 0.25) is 0 Å². The summed E-state index contributed by atoms with van der Waals surface area (Å²) in [7, 11) is 0. The molecule has 106 valence electrons. The van der Waals surface area contributed by atoms with Crippen LogP contribution in [0.4, 0.5) is 0 Å². The van der Waals surface area contributed by atoms with Gasteiger partial charge in [0.05, 0.1) is 12.7 Å². The highest BCUT2D eigenvalue weighted by atomic mass is 16.7. The number of hydrogen-bond acceptors (Lipinski definition) is 8. The molecule has 0 saturated carbocycles. The number of carbonyl (C=O) groups is 1. The monoisotopic (exact) mass is 269 g/mol. The summed E-state index contributed by atoms with van der Waals surface area (Å²) in [5, 5.41) is 64.6. The van der Waals surface area contributed by atoms with Gasteiger partial charge in [0.1, 0.15) is 24.4 Å². The normalized spacial score (nSPS) is 40.2. The zero-order chi connectivity index (χ0) is 14.1. The summed E-state index contributed by atoms with van der Waals surface area (Å²) in [6.45, 7) is -0.866. The predicted molar refractivity (Wildman–Crippen MR) is 53.2 cm³/mol. The highest BCUT2D eigenvalue weighted by Gasteiger charge is 2.53. The Labute approximate surface area is 101 Å². The molecule has 0 aromatic rings. The first-order chi connectivity index (χ1) is 8.23. The van der Waals surface area contributed by atoms with Crippen LogP contribution in [0.25, 0.3) is 0 Å². The van der Waals surface area contributed by atoms with E-state index in [1.54, 1.807) is 0 Å². The Morgan fingerprint density at radius 3 is 2.39 bits per heavy atom. The first kappa shape index (κ1) is 15.2. The molecule has 0 amide bonds. The van der Waals surface area contributed by atoms with E-state index in [-0.39, 0.29) is 0 Å². The highest BCUT2D eigenvalue weighted by molar-refractivity contribution is 5.75. The molecule has 1 unspecified atom stereocenters. The van der Waals surface area contributed by atoms with Crippen molar-refractivity contribution in [1.82, 2.24) is 0 Å². The van der Waals surface area contributed by atoms with Crippen LogP contribution in [0.5, 0.6) is 0 Å². The molecule has 1 heterocycles. The van der Waals surface area contributed by atoms with Gasteiger partial charge < -0.3 is 40.5 Å². The van der Waals surface area contributed by atoms with Crippen molar-refractivity contribution in [1.29, 1.82) is 0 Å². The van der Waals surface area contributed by atoms with Gasteiger partial charge in [-0.3, -0.25) is 0 Å². The minimum atomic E-state index is -2.78. The number of carboxylic acid groups (broad SMARTS) is 1. The molecule has 1 rings (SSSR count). The van der Waals surface area contributed by atoms with Crippen molar-refractivity contribution in [3.05, 3.63) is 0 Å². The second-order valence-electron chi connectivity index (χ2n) is 4.17. The molecule has 0 aromatic carbocycles. The summed E-state index contributed by atoms with van der Waals surface area (Å²) in [4.78, 5) is 10.8. The van der Waals surface area contributed by atoms with Gasteiger partial charge >= 0.3 is 5.97 Å². The number of aliphatic carboxylic acids is 1. The van der Waals surface area contributed by atoms with Crippen molar-refractivity contribution in [2.75, 3.05) is 6.61 Å². The molecule has 7 N–H and O–H groups in total. The molecular weight excluding hydrogens is 253 g/mol. The molecule has 1 aliphatic heterocycles. The Morgan fingerprint density at radius 2 is 1.94 bits per heavy atom. The van der Waals surface area contributed by atoms with Crippen LogP contribution >= 0.6 is 0 Å². The lowest BCUT2D eigenvalue weighted by Crippen LogP contribution is -2.63. The Morgan fingerprint density at radius 1 is 1.39 bits per heavy atom. The number of ether oxygens (including phenoxy) is 1. The molecule has 0 radical (unpaired) electrons. The Balaban J connectivity index is 2.92. The van der Waals surface area contributed by atoms with Crippen molar-refractivity contribution in [2.45, 2.75) is 42.7 Å².